The van der Waals surface area contributed by atoms with Crippen molar-refractivity contribution in [2.75, 3.05) is 156 Å². The van der Waals surface area contributed by atoms with Crippen molar-refractivity contribution in [3.63, 3.8) is 0 Å². The standard InChI is InChI=1S/C62H85F2IN12O14S/c1-2-48-36-62(63,64)41-77(48)57(83)37-69-59(86)50-16-18-66-52-15-14-49(35-51(50)52)91-33-4-3-20-71-29-31-76(32-30-71)61(88)54(80)40-92-34-19-68-60(87)53(8-6-17-67-55(81)9-5-7-46-10-12-47(65)13-11-46)70-56(82)38-72-21-22-73(39-58(84)85)24-26-75(43-90-45-79)28-27-74(25-23-72)42-89-44-78/h1,10-16,18,35,44-45,48,53-54,80H,3-9,17,19-34,36-43H2,(H,67,81)(H,68,87)(H,69,86)(H,70,82)(H,84,85)/t48-,53-,54+/m0/s1. The van der Waals surface area contributed by atoms with Crippen LogP contribution in [0.15, 0.2) is 54.7 Å². The Kier molecular flexibility index (Phi) is 32.0. The molecule has 3 aromatic rings. The van der Waals surface area contributed by atoms with Gasteiger partial charge in [-0.1, -0.05) is 18.1 Å². The van der Waals surface area contributed by atoms with Crippen LogP contribution in [0.25, 0.3) is 10.9 Å². The predicted octanol–water partition coefficient (Wildman–Crippen LogP) is 0.923. The molecule has 2 aromatic carbocycles. The number of pyridine rings is 1. The van der Waals surface area contributed by atoms with E-state index < -0.39 is 73.2 Å². The number of unbranched alkanes of at least 4 members (excludes halogenated alkanes) is 1. The Labute approximate surface area is 552 Å². The summed E-state index contributed by atoms with van der Waals surface area (Å²) in [5.74, 6) is -3.71. The Hall–Kier alpha value is -6.86. The number of aliphatic carboxylic acids is 1. The molecule has 30 heteroatoms. The largest absolute Gasteiger partial charge is 0.494 e. The summed E-state index contributed by atoms with van der Waals surface area (Å²) in [6, 6.07) is 12.7. The number of carbonyl (C=O) groups is 9. The third-order valence-corrected chi connectivity index (χ3v) is 17.6. The van der Waals surface area contributed by atoms with E-state index >= 15 is 0 Å². The van der Waals surface area contributed by atoms with Gasteiger partial charge in [-0.25, -0.2) is 8.78 Å². The van der Waals surface area contributed by atoms with Crippen molar-refractivity contribution < 1.29 is 76.4 Å². The maximum Gasteiger partial charge on any atom is 0.317 e. The number of ether oxygens (including phenoxy) is 3. The number of benzene rings is 2. The van der Waals surface area contributed by atoms with Gasteiger partial charge in [-0.3, -0.25) is 72.6 Å². The Morgan fingerprint density at radius 1 is 0.783 bits per heavy atom. The van der Waals surface area contributed by atoms with Crippen LogP contribution < -0.4 is 26.0 Å². The average molecular weight is 1420 g/mol. The molecule has 3 aliphatic rings. The lowest BCUT2D eigenvalue weighted by Crippen LogP contribution is -2.52. The van der Waals surface area contributed by atoms with Gasteiger partial charge in [-0.05, 0) is 110 Å². The van der Waals surface area contributed by atoms with E-state index in [1.807, 2.05) is 39.0 Å². The summed E-state index contributed by atoms with van der Waals surface area (Å²) in [5.41, 5.74) is 1.88. The lowest BCUT2D eigenvalue weighted by Gasteiger charge is -2.35. The number of hydrogen-bond donors (Lipinski definition) is 6. The highest BCUT2D eigenvalue weighted by molar-refractivity contribution is 14.1. The number of carboxylic acid groups (broad SMARTS) is 1. The minimum absolute atomic E-state index is 0.0166. The number of carbonyl (C=O) groups excluding carboxylic acids is 8. The fourth-order valence-corrected chi connectivity index (χ4v) is 11.9. The van der Waals surface area contributed by atoms with Crippen LogP contribution in [0.3, 0.4) is 0 Å². The maximum atomic E-state index is 14.0. The van der Waals surface area contributed by atoms with E-state index in [-0.39, 0.29) is 82.3 Å². The van der Waals surface area contributed by atoms with Crippen molar-refractivity contribution in [1.29, 1.82) is 0 Å². The second-order valence-corrected chi connectivity index (χ2v) is 25.0. The highest BCUT2D eigenvalue weighted by atomic mass is 127. The van der Waals surface area contributed by atoms with Gasteiger partial charge in [-0.2, -0.15) is 11.8 Å². The SMILES string of the molecule is C#C[C@H]1CC(F)(F)CN1C(=O)CNC(=O)c1ccnc2ccc(OCCCCN3CCN(C(=O)[C@H](O)CSCCNC(=O)[C@H](CCCNC(=O)CCCc4ccc(I)cc4)NC(=O)CN4CCN(COC=O)CCN(COC=O)CCN(CC(=O)O)CC4)CC3)cc12. The maximum absolute atomic E-state index is 14.0. The Balaban J connectivity index is 0.921. The molecule has 26 nitrogen and oxygen atoms in total. The van der Waals surface area contributed by atoms with E-state index in [1.165, 1.54) is 24.0 Å². The zero-order valence-electron chi connectivity index (χ0n) is 51.7. The number of alkyl halides is 2. The molecule has 504 valence electrons. The van der Waals surface area contributed by atoms with Crippen LogP contribution in [0, 0.1) is 15.9 Å². The molecule has 0 unspecified atom stereocenters. The van der Waals surface area contributed by atoms with E-state index in [2.05, 4.69) is 59.7 Å². The molecule has 6 N–H and O–H groups in total. The van der Waals surface area contributed by atoms with Crippen LogP contribution in [0.2, 0.25) is 0 Å². The van der Waals surface area contributed by atoms with Gasteiger partial charge in [0.05, 0.1) is 49.9 Å². The van der Waals surface area contributed by atoms with Crippen LogP contribution >= 0.6 is 34.4 Å². The first-order valence-electron chi connectivity index (χ1n) is 30.8. The van der Waals surface area contributed by atoms with Crippen molar-refractivity contribution in [3.05, 3.63) is 69.4 Å². The second kappa shape index (κ2) is 39.6. The summed E-state index contributed by atoms with van der Waals surface area (Å²) >= 11 is 3.53. The number of fused-ring (bicyclic) bond motifs is 1. The van der Waals surface area contributed by atoms with E-state index in [9.17, 15) is 62.1 Å². The smallest absolute Gasteiger partial charge is 0.317 e. The first-order valence-corrected chi connectivity index (χ1v) is 33.1. The highest BCUT2D eigenvalue weighted by Crippen LogP contribution is 2.32. The van der Waals surface area contributed by atoms with Gasteiger partial charge < -0.3 is 55.5 Å². The minimum Gasteiger partial charge on any atom is -0.494 e. The molecule has 3 fully saturated rings. The Morgan fingerprint density at radius 2 is 1.43 bits per heavy atom. The third-order valence-electron chi connectivity index (χ3n) is 15.8. The first kappa shape index (κ1) is 74.2. The molecule has 0 radical (unpaired) electrons. The van der Waals surface area contributed by atoms with E-state index in [0.717, 1.165) is 33.4 Å². The van der Waals surface area contributed by atoms with Gasteiger partial charge in [0.25, 0.3) is 30.7 Å². The highest BCUT2D eigenvalue weighted by Gasteiger charge is 2.46. The molecular weight excluding hydrogens is 1330 g/mol. The van der Waals surface area contributed by atoms with Gasteiger partial charge >= 0.3 is 5.97 Å². The summed E-state index contributed by atoms with van der Waals surface area (Å²) in [7, 11) is 0. The number of amides is 6. The monoisotopic (exact) mass is 1420 g/mol. The summed E-state index contributed by atoms with van der Waals surface area (Å²) in [6.45, 7) is 5.17. The molecule has 92 heavy (non-hydrogen) atoms. The van der Waals surface area contributed by atoms with E-state index in [4.69, 9.17) is 20.6 Å². The number of aliphatic hydroxyl groups excluding tert-OH is 1. The number of nitrogens with one attached hydrogen (secondary N) is 4. The molecule has 6 amide bonds. The van der Waals surface area contributed by atoms with Crippen molar-refractivity contribution in [1.82, 2.24) is 60.6 Å². The number of aromatic nitrogens is 1. The van der Waals surface area contributed by atoms with E-state index in [0.29, 0.717) is 133 Å². The van der Waals surface area contributed by atoms with Crippen LogP contribution in [0.5, 0.6) is 5.75 Å². The number of aliphatic hydroxyl groups is 1. The van der Waals surface area contributed by atoms with Crippen LogP contribution in [-0.2, 0) is 54.3 Å². The van der Waals surface area contributed by atoms with Crippen LogP contribution in [0.1, 0.15) is 60.9 Å². The van der Waals surface area contributed by atoms with Gasteiger partial charge in [0.2, 0.25) is 23.6 Å². The van der Waals surface area contributed by atoms with Crippen molar-refractivity contribution in [2.45, 2.75) is 75.5 Å². The topological polar surface area (TPSA) is 305 Å². The zero-order valence-corrected chi connectivity index (χ0v) is 54.7. The summed E-state index contributed by atoms with van der Waals surface area (Å²) in [4.78, 5) is 130. The fraction of sp³-hybridized carbons (Fsp3) is 0.581. The minimum atomic E-state index is -3.10. The van der Waals surface area contributed by atoms with Crippen molar-refractivity contribution >= 4 is 99.6 Å². The molecular formula is C62H85F2IN12O14S. The molecule has 3 saturated heterocycles. The number of nitrogens with zero attached hydrogens (tertiary/aromatic N) is 8. The molecule has 0 saturated carbocycles. The average Bonchev–Trinajstić information content (AvgIpc) is 1.33. The molecule has 0 bridgehead atoms. The number of carboxylic acids is 1. The Bertz CT molecular complexity index is 2950. The van der Waals surface area contributed by atoms with Crippen LogP contribution in [-0.4, -0.2) is 284 Å². The number of halogens is 3. The normalized spacial score (nSPS) is 17.8. The number of aryl methyl sites for hydroxylation is 1. The number of likely N-dealkylation sites (tertiary alicyclic amines) is 1. The number of hydrogen-bond acceptors (Lipinski definition) is 20. The number of rotatable bonds is 35. The summed E-state index contributed by atoms with van der Waals surface area (Å²) in [6.07, 6.45) is 8.71. The molecule has 0 aliphatic carbocycles. The van der Waals surface area contributed by atoms with Gasteiger partial charge in [0.15, 0.2) is 0 Å². The lowest BCUT2D eigenvalue weighted by molar-refractivity contribution is -0.141. The third kappa shape index (κ3) is 26.3. The van der Waals surface area contributed by atoms with Gasteiger partial charge in [0.1, 0.15) is 31.4 Å². The number of piperazine rings is 1. The molecule has 3 aliphatic heterocycles. The number of thioether (sulfide) groups is 1. The Morgan fingerprint density at radius 3 is 2.09 bits per heavy atom. The van der Waals surface area contributed by atoms with Gasteiger partial charge in [-0.15, -0.1) is 6.42 Å². The molecule has 0 spiro atoms. The quantitative estimate of drug-likeness (QED) is 0.0207. The fourth-order valence-electron chi connectivity index (χ4n) is 10.7. The van der Waals surface area contributed by atoms with Crippen LogP contribution in [0.4, 0.5) is 8.78 Å². The van der Waals surface area contributed by atoms with Crippen molar-refractivity contribution in [3.8, 4) is 18.1 Å². The number of terminal acetylenes is 1. The van der Waals surface area contributed by atoms with Crippen molar-refractivity contribution in [2.24, 2.45) is 0 Å². The lowest BCUT2D eigenvalue weighted by atomic mass is 10.1. The van der Waals surface area contributed by atoms with E-state index in [1.54, 1.807) is 28.0 Å². The molecule has 4 heterocycles. The predicted molar refractivity (Wildman–Crippen MR) is 346 cm³/mol. The second-order valence-electron chi connectivity index (χ2n) is 22.6. The molecule has 6 rings (SSSR count). The van der Waals surface area contributed by atoms with Gasteiger partial charge in [0, 0.05) is 131 Å². The molecule has 1 aromatic heterocycles. The zero-order chi connectivity index (χ0) is 66.3. The summed E-state index contributed by atoms with van der Waals surface area (Å²) in [5, 5.41) is 32.3. The molecule has 3 atom stereocenters. The first-order chi connectivity index (χ1) is 44.3. The summed E-state index contributed by atoms with van der Waals surface area (Å²) < 4.78 is 45.1.